The first-order chi connectivity index (χ1) is 7.81. The first-order valence-electron chi connectivity index (χ1n) is 4.95. The first-order valence-corrected chi connectivity index (χ1v) is 4.95. The summed E-state index contributed by atoms with van der Waals surface area (Å²) in [6.07, 6.45) is 5.94. The molecule has 0 aliphatic carbocycles. The van der Waals surface area contributed by atoms with E-state index >= 15 is 0 Å². The number of hydrazine groups is 1. The fourth-order valence-corrected chi connectivity index (χ4v) is 1.60. The second-order valence-corrected chi connectivity index (χ2v) is 3.52. The highest BCUT2D eigenvalue weighted by Gasteiger charge is 2.14. The lowest BCUT2D eigenvalue weighted by atomic mass is 10.0. The number of nitrogens with two attached hydrogens (primary N) is 2. The molecule has 0 saturated heterocycles. The molecule has 1 atom stereocenters. The Morgan fingerprint density at radius 2 is 2.31 bits per heavy atom. The Hall–Kier alpha value is -1.92. The zero-order chi connectivity index (χ0) is 11.4. The van der Waals surface area contributed by atoms with E-state index in [-0.39, 0.29) is 6.04 Å². The van der Waals surface area contributed by atoms with E-state index in [0.717, 1.165) is 11.1 Å². The zero-order valence-corrected chi connectivity index (χ0v) is 8.72. The lowest BCUT2D eigenvalue weighted by molar-refractivity contribution is 0.553. The lowest BCUT2D eigenvalue weighted by Crippen LogP contribution is -2.29. The molecule has 2 rings (SSSR count). The fourth-order valence-electron chi connectivity index (χ4n) is 1.60. The molecule has 0 aliphatic rings. The number of H-pyrrole nitrogens is 1. The van der Waals surface area contributed by atoms with Gasteiger partial charge in [0, 0.05) is 18.0 Å². The molecule has 0 bridgehead atoms. The van der Waals surface area contributed by atoms with Gasteiger partial charge in [-0.1, -0.05) is 6.07 Å². The highest BCUT2D eigenvalue weighted by Crippen LogP contribution is 2.20. The number of nitrogens with zero attached hydrogens (tertiary/aromatic N) is 2. The SMILES string of the molecule is NNC(Cc1cccnc1)c1cn[nH]c1N. The molecule has 0 aliphatic heterocycles. The molecule has 0 saturated carbocycles. The van der Waals surface area contributed by atoms with Crippen molar-refractivity contribution >= 4 is 5.82 Å². The van der Waals surface area contributed by atoms with Crippen molar-refractivity contribution in [2.75, 3.05) is 5.73 Å². The van der Waals surface area contributed by atoms with E-state index in [9.17, 15) is 0 Å². The Labute approximate surface area is 93.0 Å². The molecule has 0 radical (unpaired) electrons. The van der Waals surface area contributed by atoms with Crippen LogP contribution in [-0.4, -0.2) is 15.2 Å². The summed E-state index contributed by atoms with van der Waals surface area (Å²) in [6.45, 7) is 0. The van der Waals surface area contributed by atoms with Gasteiger partial charge in [-0.05, 0) is 18.1 Å². The van der Waals surface area contributed by atoms with Crippen molar-refractivity contribution in [2.24, 2.45) is 5.84 Å². The quantitative estimate of drug-likeness (QED) is 0.431. The summed E-state index contributed by atoms with van der Waals surface area (Å²) in [5.41, 5.74) is 10.4. The molecule has 6 heteroatoms. The molecule has 2 aromatic heterocycles. The van der Waals surface area contributed by atoms with E-state index in [0.29, 0.717) is 12.2 Å². The van der Waals surface area contributed by atoms with Crippen LogP contribution in [-0.2, 0) is 6.42 Å². The fraction of sp³-hybridized carbons (Fsp3) is 0.200. The van der Waals surface area contributed by atoms with Gasteiger partial charge in [0.2, 0.25) is 0 Å². The third kappa shape index (κ3) is 2.18. The number of aromatic nitrogens is 3. The van der Waals surface area contributed by atoms with Crippen LogP contribution in [0.2, 0.25) is 0 Å². The molecule has 2 heterocycles. The molecular formula is C10H14N6. The van der Waals surface area contributed by atoms with Crippen LogP contribution in [0.25, 0.3) is 0 Å². The average Bonchev–Trinajstić information content (AvgIpc) is 2.74. The molecular weight excluding hydrogens is 204 g/mol. The van der Waals surface area contributed by atoms with Crippen molar-refractivity contribution in [2.45, 2.75) is 12.5 Å². The van der Waals surface area contributed by atoms with Crippen LogP contribution in [0.3, 0.4) is 0 Å². The van der Waals surface area contributed by atoms with E-state index in [4.69, 9.17) is 11.6 Å². The van der Waals surface area contributed by atoms with Gasteiger partial charge in [-0.25, -0.2) is 0 Å². The predicted molar refractivity (Wildman–Crippen MR) is 61.0 cm³/mol. The van der Waals surface area contributed by atoms with E-state index in [1.54, 1.807) is 18.6 Å². The highest BCUT2D eigenvalue weighted by molar-refractivity contribution is 5.40. The van der Waals surface area contributed by atoms with Crippen molar-refractivity contribution in [1.82, 2.24) is 20.6 Å². The van der Waals surface area contributed by atoms with Crippen molar-refractivity contribution in [3.05, 3.63) is 41.9 Å². The summed E-state index contributed by atoms with van der Waals surface area (Å²) in [5, 5.41) is 6.56. The van der Waals surface area contributed by atoms with Gasteiger partial charge < -0.3 is 5.73 Å². The molecule has 0 amide bonds. The van der Waals surface area contributed by atoms with Crippen LogP contribution in [0.5, 0.6) is 0 Å². The standard InChI is InChI=1S/C10H14N6/c11-10-8(6-14-16-10)9(15-12)4-7-2-1-3-13-5-7/h1-3,5-6,9,15H,4,12H2,(H3,11,14,16). The van der Waals surface area contributed by atoms with Crippen LogP contribution in [0.1, 0.15) is 17.2 Å². The molecule has 1 unspecified atom stereocenters. The Morgan fingerprint density at radius 1 is 1.44 bits per heavy atom. The number of nitrogens with one attached hydrogen (secondary N) is 2. The monoisotopic (exact) mass is 218 g/mol. The number of aromatic amines is 1. The average molecular weight is 218 g/mol. The number of hydrogen-bond donors (Lipinski definition) is 4. The molecule has 6 N–H and O–H groups in total. The van der Waals surface area contributed by atoms with Crippen LogP contribution in [0.4, 0.5) is 5.82 Å². The summed E-state index contributed by atoms with van der Waals surface area (Å²) < 4.78 is 0. The maximum absolute atomic E-state index is 5.74. The van der Waals surface area contributed by atoms with Gasteiger partial charge in [0.15, 0.2) is 0 Å². The molecule has 0 spiro atoms. The van der Waals surface area contributed by atoms with Crippen LogP contribution >= 0.6 is 0 Å². The summed E-state index contributed by atoms with van der Waals surface area (Å²) in [4.78, 5) is 4.05. The largest absolute Gasteiger partial charge is 0.384 e. The summed E-state index contributed by atoms with van der Waals surface area (Å²) in [6, 6.07) is 3.82. The van der Waals surface area contributed by atoms with Crippen LogP contribution in [0.15, 0.2) is 30.7 Å². The van der Waals surface area contributed by atoms with Crippen molar-refractivity contribution in [3.63, 3.8) is 0 Å². The van der Waals surface area contributed by atoms with Gasteiger partial charge in [-0.2, -0.15) is 5.10 Å². The van der Waals surface area contributed by atoms with Gasteiger partial charge in [-0.15, -0.1) is 0 Å². The van der Waals surface area contributed by atoms with Gasteiger partial charge in [-0.3, -0.25) is 21.4 Å². The van der Waals surface area contributed by atoms with Crippen LogP contribution < -0.4 is 17.0 Å². The Balaban J connectivity index is 2.16. The molecule has 0 aromatic carbocycles. The van der Waals surface area contributed by atoms with Crippen molar-refractivity contribution in [3.8, 4) is 0 Å². The number of nitrogen functional groups attached to an aromatic ring is 1. The Bertz CT molecular complexity index is 438. The Morgan fingerprint density at radius 3 is 2.88 bits per heavy atom. The minimum absolute atomic E-state index is 0.0667. The Kier molecular flexibility index (Phi) is 3.13. The molecule has 84 valence electrons. The first kappa shape index (κ1) is 10.6. The molecule has 16 heavy (non-hydrogen) atoms. The van der Waals surface area contributed by atoms with Crippen molar-refractivity contribution < 1.29 is 0 Å². The normalized spacial score (nSPS) is 12.6. The highest BCUT2D eigenvalue weighted by atomic mass is 15.2. The number of anilines is 1. The predicted octanol–water partition coefficient (Wildman–Crippen LogP) is 0.134. The number of pyridine rings is 1. The minimum atomic E-state index is -0.0667. The minimum Gasteiger partial charge on any atom is -0.384 e. The van der Waals surface area contributed by atoms with E-state index in [1.165, 1.54) is 0 Å². The van der Waals surface area contributed by atoms with Gasteiger partial charge in [0.25, 0.3) is 0 Å². The smallest absolute Gasteiger partial charge is 0.123 e. The van der Waals surface area contributed by atoms with Gasteiger partial charge >= 0.3 is 0 Å². The number of hydrogen-bond acceptors (Lipinski definition) is 5. The van der Waals surface area contributed by atoms with E-state index in [2.05, 4.69) is 20.6 Å². The maximum atomic E-state index is 5.74. The molecule has 0 fully saturated rings. The second kappa shape index (κ2) is 4.73. The number of rotatable bonds is 4. The topological polar surface area (TPSA) is 106 Å². The molecule has 6 nitrogen and oxygen atoms in total. The van der Waals surface area contributed by atoms with E-state index < -0.39 is 0 Å². The van der Waals surface area contributed by atoms with Gasteiger partial charge in [0.1, 0.15) is 5.82 Å². The summed E-state index contributed by atoms with van der Waals surface area (Å²) in [5.74, 6) is 6.05. The van der Waals surface area contributed by atoms with Gasteiger partial charge in [0.05, 0.1) is 12.2 Å². The summed E-state index contributed by atoms with van der Waals surface area (Å²) >= 11 is 0. The molecule has 2 aromatic rings. The second-order valence-electron chi connectivity index (χ2n) is 3.52. The van der Waals surface area contributed by atoms with Crippen molar-refractivity contribution in [1.29, 1.82) is 0 Å². The van der Waals surface area contributed by atoms with E-state index in [1.807, 2.05) is 12.1 Å². The zero-order valence-electron chi connectivity index (χ0n) is 8.72. The third-order valence-electron chi connectivity index (χ3n) is 2.44. The summed E-state index contributed by atoms with van der Waals surface area (Å²) in [7, 11) is 0. The van der Waals surface area contributed by atoms with Crippen LogP contribution in [0, 0.1) is 0 Å². The maximum Gasteiger partial charge on any atom is 0.123 e. The third-order valence-corrected chi connectivity index (χ3v) is 2.44. The lowest BCUT2D eigenvalue weighted by Gasteiger charge is -2.14.